The summed E-state index contributed by atoms with van der Waals surface area (Å²) in [6.07, 6.45) is 14.1. The van der Waals surface area contributed by atoms with E-state index in [0.717, 1.165) is 51.4 Å². The molecule has 0 bridgehead atoms. The van der Waals surface area contributed by atoms with Crippen molar-refractivity contribution >= 4 is 35.1 Å². The van der Waals surface area contributed by atoms with Crippen LogP contribution in [0.4, 0.5) is 0 Å². The molecule has 52 heavy (non-hydrogen) atoms. The second kappa shape index (κ2) is 16.4. The number of allylic oxidation sites excluding steroid dienone is 2. The Morgan fingerprint density at radius 3 is 1.29 bits per heavy atom. The number of halogens is 2. The molecule has 0 saturated heterocycles. The maximum atomic E-state index is 8.84. The van der Waals surface area contributed by atoms with E-state index in [1.165, 1.54) is 66.8 Å². The van der Waals surface area contributed by atoms with Crippen LogP contribution < -0.4 is 0 Å². The van der Waals surface area contributed by atoms with Gasteiger partial charge in [-0.2, -0.15) is 0 Å². The Bertz CT molecular complexity index is 1800. The summed E-state index contributed by atoms with van der Waals surface area (Å²) in [6.45, 7) is 18.8. The van der Waals surface area contributed by atoms with Crippen molar-refractivity contribution in [3.05, 3.63) is 129 Å². The molecule has 4 aromatic carbocycles. The Morgan fingerprint density at radius 1 is 0.577 bits per heavy atom. The van der Waals surface area contributed by atoms with Gasteiger partial charge < -0.3 is 0 Å². The first kappa shape index (κ1) is 39.7. The minimum atomic E-state index is -4.88. The van der Waals surface area contributed by atoms with Gasteiger partial charge >= 0.3 is 327 Å². The average molecular weight is 828 g/mol. The van der Waals surface area contributed by atoms with E-state index in [2.05, 4.69) is 152 Å². The molecule has 0 fully saturated rings. The van der Waals surface area contributed by atoms with E-state index < -0.39 is 21.5 Å². The van der Waals surface area contributed by atoms with Crippen molar-refractivity contribution in [3.63, 3.8) is 0 Å². The summed E-state index contributed by atoms with van der Waals surface area (Å²) in [4.78, 5) is 0. The second-order valence-electron chi connectivity index (χ2n) is 16.4. The molecule has 4 aromatic rings. The molecule has 0 radical (unpaired) electrons. The third-order valence-corrected chi connectivity index (χ3v) is 64.8. The standard InChI is InChI=1S/2C23H27.C2H7Si.2ClH.Zr/c2*1-4-6-8-18-15-21-9-7-10-22(23(21)16-18)20-13-11-19(12-14-20)17(3)5-2;1-3-2;;;/h2*7,9-17H,4-6,8H2,1-3H3;3H,1-2H3;2*1H;/q;;;;;+2/p-2. The van der Waals surface area contributed by atoms with Crippen LogP contribution in [0, 0.1) is 0 Å². The molecule has 0 heterocycles. The summed E-state index contributed by atoms with van der Waals surface area (Å²) in [6, 6.07) is 32.7. The number of fused-ring (bicyclic) bond motifs is 2. The van der Waals surface area contributed by atoms with Crippen LogP contribution in [-0.4, -0.2) is 5.92 Å². The summed E-state index contributed by atoms with van der Waals surface area (Å²) >= 11 is -4.88. The van der Waals surface area contributed by atoms with Gasteiger partial charge in [0.15, 0.2) is 0 Å². The van der Waals surface area contributed by atoms with E-state index in [9.17, 15) is 0 Å². The van der Waals surface area contributed by atoms with Crippen molar-refractivity contribution < 1.29 is 15.6 Å². The zero-order chi connectivity index (χ0) is 37.2. The van der Waals surface area contributed by atoms with Crippen LogP contribution in [0.25, 0.3) is 34.4 Å². The molecule has 0 amide bonds. The zero-order valence-electron chi connectivity index (χ0n) is 33.0. The van der Waals surface area contributed by atoms with Gasteiger partial charge in [-0.25, -0.2) is 0 Å². The molecule has 0 spiro atoms. The fourth-order valence-corrected chi connectivity index (χ4v) is 40.7. The summed E-state index contributed by atoms with van der Waals surface area (Å²) in [7, 11) is 17.7. The first-order chi connectivity index (χ1) is 25.0. The van der Waals surface area contributed by atoms with Gasteiger partial charge in [0.1, 0.15) is 0 Å². The number of unbranched alkanes of at least 4 members (excludes halogenated alkanes) is 2. The topological polar surface area (TPSA) is 0 Å². The number of hydrogen-bond donors (Lipinski definition) is 0. The monoisotopic (exact) mass is 825 g/mol. The first-order valence-electron chi connectivity index (χ1n) is 20.4. The predicted molar refractivity (Wildman–Crippen MR) is 232 cm³/mol. The Hall–Kier alpha value is -1.96. The molecule has 0 aromatic heterocycles. The van der Waals surface area contributed by atoms with Crippen LogP contribution in [0.5, 0.6) is 0 Å². The molecule has 275 valence electrons. The number of rotatable bonds is 15. The quantitative estimate of drug-likeness (QED) is 0.105. The van der Waals surface area contributed by atoms with Crippen LogP contribution in [0.1, 0.15) is 145 Å². The molecular formula is C48H61Cl2SiZr. The van der Waals surface area contributed by atoms with Gasteiger partial charge in [-0.15, -0.1) is 0 Å². The van der Waals surface area contributed by atoms with Gasteiger partial charge in [-0.05, 0) is 0 Å². The van der Waals surface area contributed by atoms with Gasteiger partial charge in [-0.3, -0.25) is 0 Å². The van der Waals surface area contributed by atoms with E-state index >= 15 is 0 Å². The minimum absolute atomic E-state index is 0.122. The van der Waals surface area contributed by atoms with Gasteiger partial charge in [-0.1, -0.05) is 0 Å². The molecule has 2 aliphatic rings. The van der Waals surface area contributed by atoms with Crippen LogP contribution in [0.3, 0.4) is 0 Å². The van der Waals surface area contributed by atoms with Crippen molar-refractivity contribution in [1.82, 2.24) is 0 Å². The molecule has 2 aliphatic carbocycles. The fourth-order valence-electron chi connectivity index (χ4n) is 9.22. The molecule has 0 aliphatic heterocycles. The third-order valence-electron chi connectivity index (χ3n) is 13.0. The third kappa shape index (κ3) is 7.14. The molecule has 4 unspecified atom stereocenters. The molecular weight excluding hydrogens is 767 g/mol. The normalized spacial score (nSPS) is 18.7. The summed E-state index contributed by atoms with van der Waals surface area (Å²) in [5.41, 5.74) is 16.5. The Kier molecular flexibility index (Phi) is 12.5. The number of hydrogen-bond acceptors (Lipinski definition) is 0. The van der Waals surface area contributed by atoms with Gasteiger partial charge in [0, 0.05) is 0 Å². The van der Waals surface area contributed by atoms with Crippen molar-refractivity contribution in [3.8, 4) is 22.3 Å². The summed E-state index contributed by atoms with van der Waals surface area (Å²) in [5.74, 6) is -0.523. The summed E-state index contributed by atoms with van der Waals surface area (Å²) in [5, 5.41) is 0. The van der Waals surface area contributed by atoms with E-state index in [-0.39, 0.29) is 7.25 Å². The molecule has 4 heteroatoms. The summed E-state index contributed by atoms with van der Waals surface area (Å²) < 4.78 is 0.244. The van der Waals surface area contributed by atoms with Crippen molar-refractivity contribution in [2.24, 2.45) is 0 Å². The molecule has 6 rings (SSSR count). The molecule has 0 nitrogen and oxygen atoms in total. The van der Waals surface area contributed by atoms with E-state index in [0.29, 0.717) is 11.8 Å². The number of benzene rings is 4. The SMILES string of the molecule is CCCCC1=Cc2c(-c3ccc(C(C)CC)cc3)cccc2[CH]1[Zr]([Cl])([Cl])([CH]1C(CCCC)=Cc2c(-c3ccc(C(C)CC)cc3)cccc21)[SiH](C)C. The van der Waals surface area contributed by atoms with Gasteiger partial charge in [0.2, 0.25) is 0 Å². The fraction of sp³-hybridized carbons (Fsp3) is 0.417. The van der Waals surface area contributed by atoms with Crippen LogP contribution in [0.15, 0.2) is 96.1 Å². The Balaban J connectivity index is 1.53. The first-order valence-corrected chi connectivity index (χ1v) is 36.7. The Morgan fingerprint density at radius 2 is 0.962 bits per heavy atom. The molecule has 4 atom stereocenters. The predicted octanol–water partition coefficient (Wildman–Crippen LogP) is 16.0. The van der Waals surface area contributed by atoms with E-state index in [1.54, 1.807) is 0 Å². The van der Waals surface area contributed by atoms with Gasteiger partial charge in [0.25, 0.3) is 0 Å². The van der Waals surface area contributed by atoms with Crippen LogP contribution in [0.2, 0.25) is 13.1 Å². The molecule has 0 saturated carbocycles. The van der Waals surface area contributed by atoms with E-state index in [4.69, 9.17) is 17.0 Å². The Labute approximate surface area is 324 Å². The average Bonchev–Trinajstić information content (AvgIpc) is 3.75. The van der Waals surface area contributed by atoms with Crippen molar-refractivity contribution in [1.29, 1.82) is 0 Å². The van der Waals surface area contributed by atoms with Crippen LogP contribution >= 0.6 is 17.0 Å². The zero-order valence-corrected chi connectivity index (χ0v) is 38.2. The second-order valence-corrected chi connectivity index (χ2v) is 58.9. The van der Waals surface area contributed by atoms with Crippen LogP contribution in [-0.2, 0) is 15.6 Å². The maximum absolute atomic E-state index is 8.84. The van der Waals surface area contributed by atoms with Crippen molar-refractivity contribution in [2.75, 3.05) is 0 Å². The molecule has 0 N–H and O–H groups in total. The van der Waals surface area contributed by atoms with Crippen molar-refractivity contribution in [2.45, 2.75) is 125 Å². The van der Waals surface area contributed by atoms with Gasteiger partial charge in [0.05, 0.1) is 0 Å². The van der Waals surface area contributed by atoms with E-state index in [1.807, 2.05) is 0 Å².